The normalized spacial score (nSPS) is 15.4. The van der Waals surface area contributed by atoms with E-state index in [2.05, 4.69) is 254 Å². The van der Waals surface area contributed by atoms with Crippen molar-refractivity contribution in [2.75, 3.05) is 4.90 Å². The highest BCUT2D eigenvalue weighted by molar-refractivity contribution is 5.97. The van der Waals surface area contributed by atoms with E-state index in [4.69, 9.17) is 0 Å². The topological polar surface area (TPSA) is 3.24 Å². The standard InChI is InChI=1S/C61H43N/c1-60(44-20-5-2-6-21-44)56-30-15-13-27-52(56)54-40-48(36-38-57(54)60)62(47-34-32-43(33-35-47)51-29-17-19-42-18-11-12-26-50(42)51)49-37-39-59-55(41-49)53-28-14-16-31-58(53)61(59,45-22-7-3-8-23-45)46-24-9-4-10-25-46/h2-41H,1H3. The summed E-state index contributed by atoms with van der Waals surface area (Å²) in [7, 11) is 0. The summed E-state index contributed by atoms with van der Waals surface area (Å²) in [5.41, 5.74) is 19.3. The van der Waals surface area contributed by atoms with Gasteiger partial charge in [0, 0.05) is 22.5 Å². The Hall–Kier alpha value is -7.74. The Balaban J connectivity index is 1.07. The van der Waals surface area contributed by atoms with Crippen LogP contribution in [0.25, 0.3) is 44.2 Å². The second-order valence-electron chi connectivity index (χ2n) is 16.9. The van der Waals surface area contributed by atoms with Crippen molar-refractivity contribution in [1.29, 1.82) is 0 Å². The minimum absolute atomic E-state index is 0.272. The van der Waals surface area contributed by atoms with Crippen molar-refractivity contribution in [2.45, 2.75) is 17.8 Å². The van der Waals surface area contributed by atoms with Crippen LogP contribution in [0, 0.1) is 0 Å². The molecule has 0 saturated carbocycles. The van der Waals surface area contributed by atoms with Crippen LogP contribution in [0.1, 0.15) is 45.9 Å². The minimum Gasteiger partial charge on any atom is -0.310 e. The Morgan fingerprint density at radius 3 is 1.40 bits per heavy atom. The van der Waals surface area contributed by atoms with Gasteiger partial charge in [-0.3, -0.25) is 0 Å². The van der Waals surface area contributed by atoms with Crippen LogP contribution in [0.3, 0.4) is 0 Å². The van der Waals surface area contributed by atoms with Gasteiger partial charge in [-0.1, -0.05) is 206 Å². The van der Waals surface area contributed by atoms with Crippen molar-refractivity contribution in [1.82, 2.24) is 0 Å². The third-order valence-corrected chi connectivity index (χ3v) is 13.8. The molecule has 1 heteroatoms. The van der Waals surface area contributed by atoms with Crippen LogP contribution < -0.4 is 4.90 Å². The van der Waals surface area contributed by atoms with Gasteiger partial charge < -0.3 is 4.90 Å². The summed E-state index contributed by atoms with van der Waals surface area (Å²) in [6.07, 6.45) is 0. The predicted molar refractivity (Wildman–Crippen MR) is 259 cm³/mol. The van der Waals surface area contributed by atoms with Crippen molar-refractivity contribution in [3.8, 4) is 33.4 Å². The molecule has 0 aromatic heterocycles. The van der Waals surface area contributed by atoms with E-state index in [1.165, 1.54) is 83.1 Å². The van der Waals surface area contributed by atoms with Crippen LogP contribution in [-0.4, -0.2) is 0 Å². The first-order chi connectivity index (χ1) is 30.6. The van der Waals surface area contributed by atoms with E-state index in [-0.39, 0.29) is 5.41 Å². The molecule has 1 nitrogen and oxygen atoms in total. The van der Waals surface area contributed by atoms with Crippen LogP contribution in [0.15, 0.2) is 243 Å². The van der Waals surface area contributed by atoms with Crippen LogP contribution >= 0.6 is 0 Å². The molecule has 10 aromatic carbocycles. The highest BCUT2D eigenvalue weighted by Crippen LogP contribution is 2.58. The van der Waals surface area contributed by atoms with E-state index in [0.29, 0.717) is 0 Å². The van der Waals surface area contributed by atoms with Gasteiger partial charge in [-0.2, -0.15) is 0 Å². The van der Waals surface area contributed by atoms with Gasteiger partial charge in [-0.05, 0) is 126 Å². The quantitative estimate of drug-likeness (QED) is 0.155. The Labute approximate surface area is 363 Å². The lowest BCUT2D eigenvalue weighted by atomic mass is 9.68. The number of hydrogen-bond donors (Lipinski definition) is 0. The van der Waals surface area contributed by atoms with E-state index in [0.717, 1.165) is 17.1 Å². The van der Waals surface area contributed by atoms with Crippen LogP contribution in [0.2, 0.25) is 0 Å². The van der Waals surface area contributed by atoms with Gasteiger partial charge in [-0.25, -0.2) is 0 Å². The zero-order valence-corrected chi connectivity index (χ0v) is 34.5. The predicted octanol–water partition coefficient (Wildman–Crippen LogP) is 15.7. The third kappa shape index (κ3) is 5.28. The molecule has 0 heterocycles. The highest BCUT2D eigenvalue weighted by atomic mass is 15.1. The van der Waals surface area contributed by atoms with Crippen molar-refractivity contribution in [3.63, 3.8) is 0 Å². The fourth-order valence-electron chi connectivity index (χ4n) is 11.0. The molecule has 0 saturated heterocycles. The fraction of sp³-hybridized carbons (Fsp3) is 0.0492. The van der Waals surface area contributed by atoms with Gasteiger partial charge in [0.15, 0.2) is 0 Å². The molecule has 0 fully saturated rings. The number of hydrogen-bond acceptors (Lipinski definition) is 1. The Morgan fingerprint density at radius 1 is 0.306 bits per heavy atom. The van der Waals surface area contributed by atoms with Crippen LogP contribution in [0.4, 0.5) is 17.1 Å². The number of rotatable bonds is 7. The molecule has 1 unspecified atom stereocenters. The average Bonchev–Trinajstić information content (AvgIpc) is 3.79. The molecule has 0 amide bonds. The molecule has 2 aliphatic rings. The van der Waals surface area contributed by atoms with Gasteiger partial charge in [0.1, 0.15) is 0 Å². The zero-order valence-electron chi connectivity index (χ0n) is 34.5. The summed E-state index contributed by atoms with van der Waals surface area (Å²) in [5.74, 6) is 0. The third-order valence-electron chi connectivity index (χ3n) is 13.8. The van der Waals surface area contributed by atoms with E-state index in [1.54, 1.807) is 0 Å². The maximum atomic E-state index is 2.46. The first-order valence-electron chi connectivity index (χ1n) is 21.7. The molecule has 0 radical (unpaired) electrons. The zero-order chi connectivity index (χ0) is 41.3. The highest BCUT2D eigenvalue weighted by Gasteiger charge is 2.46. The van der Waals surface area contributed by atoms with E-state index in [1.807, 2.05) is 0 Å². The molecular formula is C61H43N. The molecule has 2 aliphatic carbocycles. The first kappa shape index (κ1) is 36.1. The van der Waals surface area contributed by atoms with E-state index >= 15 is 0 Å². The molecule has 0 spiro atoms. The smallest absolute Gasteiger partial charge is 0.0713 e. The molecule has 1 atom stereocenters. The Bertz CT molecular complexity index is 3250. The molecule has 0 bridgehead atoms. The number of fused-ring (bicyclic) bond motifs is 7. The van der Waals surface area contributed by atoms with Crippen molar-refractivity contribution >= 4 is 27.8 Å². The Morgan fingerprint density at radius 2 is 0.742 bits per heavy atom. The summed E-state index contributed by atoms with van der Waals surface area (Å²) in [6, 6.07) is 89.9. The average molecular weight is 790 g/mol. The summed E-state index contributed by atoms with van der Waals surface area (Å²) in [5, 5.41) is 2.51. The SMILES string of the molecule is CC1(c2ccccc2)c2ccccc2-c2cc(N(c3ccc(-c4cccc5ccccc45)cc3)c3ccc4c(c3)-c3ccccc3C4(c3ccccc3)c3ccccc3)ccc21. The summed E-state index contributed by atoms with van der Waals surface area (Å²) >= 11 is 0. The van der Waals surface area contributed by atoms with Crippen LogP contribution in [-0.2, 0) is 10.8 Å². The lowest BCUT2D eigenvalue weighted by Crippen LogP contribution is -2.28. The van der Waals surface area contributed by atoms with Gasteiger partial charge in [0.25, 0.3) is 0 Å². The summed E-state index contributed by atoms with van der Waals surface area (Å²) in [4.78, 5) is 2.46. The first-order valence-corrected chi connectivity index (χ1v) is 21.7. The number of nitrogens with zero attached hydrogens (tertiary/aromatic N) is 1. The molecule has 12 rings (SSSR count). The maximum Gasteiger partial charge on any atom is 0.0713 e. The van der Waals surface area contributed by atoms with Gasteiger partial charge in [-0.15, -0.1) is 0 Å². The lowest BCUT2D eigenvalue weighted by Gasteiger charge is -2.34. The van der Waals surface area contributed by atoms with Gasteiger partial charge >= 0.3 is 0 Å². The van der Waals surface area contributed by atoms with Crippen molar-refractivity contribution in [3.05, 3.63) is 282 Å². The minimum atomic E-state index is -0.461. The van der Waals surface area contributed by atoms with E-state index < -0.39 is 5.41 Å². The van der Waals surface area contributed by atoms with Gasteiger partial charge in [0.2, 0.25) is 0 Å². The molecule has 292 valence electrons. The second kappa shape index (κ2) is 14.2. The molecule has 10 aromatic rings. The Kier molecular flexibility index (Phi) is 8.27. The van der Waals surface area contributed by atoms with Crippen molar-refractivity contribution in [2.24, 2.45) is 0 Å². The van der Waals surface area contributed by atoms with Crippen LogP contribution in [0.5, 0.6) is 0 Å². The molecule has 0 aliphatic heterocycles. The summed E-state index contributed by atoms with van der Waals surface area (Å²) in [6.45, 7) is 2.39. The molecular weight excluding hydrogens is 747 g/mol. The monoisotopic (exact) mass is 789 g/mol. The van der Waals surface area contributed by atoms with Crippen molar-refractivity contribution < 1.29 is 0 Å². The van der Waals surface area contributed by atoms with E-state index in [9.17, 15) is 0 Å². The lowest BCUT2D eigenvalue weighted by molar-refractivity contribution is 0.714. The fourth-order valence-corrected chi connectivity index (χ4v) is 11.0. The largest absolute Gasteiger partial charge is 0.310 e. The molecule has 0 N–H and O–H groups in total. The molecule has 62 heavy (non-hydrogen) atoms. The van der Waals surface area contributed by atoms with Gasteiger partial charge in [0.05, 0.1) is 5.41 Å². The number of anilines is 3. The number of benzene rings is 10. The second-order valence-corrected chi connectivity index (χ2v) is 16.9. The summed E-state index contributed by atoms with van der Waals surface area (Å²) < 4.78 is 0. The maximum absolute atomic E-state index is 2.46.